The molecule has 2 amide bonds. The molecule has 18 heavy (non-hydrogen) atoms. The van der Waals surface area contributed by atoms with Crippen LogP contribution < -0.4 is 10.4 Å². The van der Waals surface area contributed by atoms with Gasteiger partial charge in [-0.1, -0.05) is 38.0 Å². The SMILES string of the molecule is CCCCC1(C)C(=O)NN(c2ccccc2)C1=O. The fourth-order valence-electron chi connectivity index (χ4n) is 2.13. The number of nitrogens with zero attached hydrogens (tertiary/aromatic N) is 1. The number of carbonyl (C=O) groups excluding carboxylic acids is 2. The summed E-state index contributed by atoms with van der Waals surface area (Å²) in [6.45, 7) is 3.78. The van der Waals surface area contributed by atoms with Crippen LogP contribution in [0, 0.1) is 5.41 Å². The Hall–Kier alpha value is -1.84. The number of hydrazine groups is 1. The number of carbonyl (C=O) groups is 2. The van der Waals surface area contributed by atoms with E-state index in [1.54, 1.807) is 6.92 Å². The molecular formula is C14H18N2O2. The number of anilines is 1. The molecule has 0 bridgehead atoms. The Labute approximate surface area is 107 Å². The van der Waals surface area contributed by atoms with Crippen LogP contribution in [0.15, 0.2) is 30.3 Å². The van der Waals surface area contributed by atoms with Crippen molar-refractivity contribution < 1.29 is 9.59 Å². The van der Waals surface area contributed by atoms with Crippen LogP contribution in [0.3, 0.4) is 0 Å². The van der Waals surface area contributed by atoms with Gasteiger partial charge in [0.1, 0.15) is 5.41 Å². The number of amides is 2. The predicted molar refractivity (Wildman–Crippen MR) is 69.7 cm³/mol. The van der Waals surface area contributed by atoms with Crippen LogP contribution in [-0.2, 0) is 9.59 Å². The van der Waals surface area contributed by atoms with Crippen LogP contribution in [0.1, 0.15) is 33.1 Å². The fourth-order valence-corrected chi connectivity index (χ4v) is 2.13. The summed E-state index contributed by atoms with van der Waals surface area (Å²) in [6, 6.07) is 9.18. The molecule has 1 atom stereocenters. The van der Waals surface area contributed by atoms with E-state index in [0.717, 1.165) is 12.8 Å². The molecule has 2 rings (SSSR count). The first-order chi connectivity index (χ1) is 8.59. The first-order valence-electron chi connectivity index (χ1n) is 6.30. The van der Waals surface area contributed by atoms with E-state index in [1.807, 2.05) is 30.3 Å². The average molecular weight is 246 g/mol. The van der Waals surface area contributed by atoms with Gasteiger partial charge < -0.3 is 0 Å². The van der Waals surface area contributed by atoms with Crippen molar-refractivity contribution in [2.24, 2.45) is 5.41 Å². The lowest BCUT2D eigenvalue weighted by Crippen LogP contribution is -2.36. The monoisotopic (exact) mass is 246 g/mol. The lowest BCUT2D eigenvalue weighted by atomic mass is 9.84. The second kappa shape index (κ2) is 4.80. The van der Waals surface area contributed by atoms with E-state index in [9.17, 15) is 9.59 Å². The molecule has 0 spiro atoms. The van der Waals surface area contributed by atoms with Gasteiger partial charge in [0.15, 0.2) is 0 Å². The van der Waals surface area contributed by atoms with E-state index in [4.69, 9.17) is 0 Å². The van der Waals surface area contributed by atoms with E-state index >= 15 is 0 Å². The Morgan fingerprint density at radius 1 is 1.22 bits per heavy atom. The smallest absolute Gasteiger partial charge is 0.261 e. The number of para-hydroxylation sites is 1. The van der Waals surface area contributed by atoms with Crippen LogP contribution in [0.25, 0.3) is 0 Å². The van der Waals surface area contributed by atoms with Crippen molar-refractivity contribution in [3.05, 3.63) is 30.3 Å². The standard InChI is InChI=1S/C14H18N2O2/c1-3-4-10-14(2)12(17)15-16(13(14)18)11-8-6-5-7-9-11/h5-9H,3-4,10H2,1-2H3,(H,15,17). The van der Waals surface area contributed by atoms with Gasteiger partial charge in [0.2, 0.25) is 0 Å². The molecule has 0 saturated carbocycles. The van der Waals surface area contributed by atoms with Gasteiger partial charge in [-0.2, -0.15) is 0 Å². The minimum Gasteiger partial charge on any atom is -0.272 e. The largest absolute Gasteiger partial charge is 0.272 e. The molecule has 1 saturated heterocycles. The Bertz CT molecular complexity index is 458. The third-order valence-electron chi connectivity index (χ3n) is 3.43. The van der Waals surface area contributed by atoms with Gasteiger partial charge in [-0.25, -0.2) is 5.01 Å². The quantitative estimate of drug-likeness (QED) is 0.828. The molecule has 96 valence electrons. The minimum atomic E-state index is -0.925. The summed E-state index contributed by atoms with van der Waals surface area (Å²) in [6.07, 6.45) is 2.44. The molecule has 4 nitrogen and oxygen atoms in total. The van der Waals surface area contributed by atoms with E-state index in [1.165, 1.54) is 5.01 Å². The minimum absolute atomic E-state index is 0.160. The highest BCUT2D eigenvalue weighted by Gasteiger charge is 2.50. The van der Waals surface area contributed by atoms with Crippen molar-refractivity contribution in [3.8, 4) is 0 Å². The maximum atomic E-state index is 12.4. The van der Waals surface area contributed by atoms with Crippen molar-refractivity contribution >= 4 is 17.5 Å². The van der Waals surface area contributed by atoms with Crippen LogP contribution in [0.5, 0.6) is 0 Å². The normalized spacial score (nSPS) is 23.3. The summed E-state index contributed by atoms with van der Waals surface area (Å²) in [4.78, 5) is 24.4. The summed E-state index contributed by atoms with van der Waals surface area (Å²) in [5.74, 6) is -0.364. The van der Waals surface area contributed by atoms with Crippen molar-refractivity contribution in [2.45, 2.75) is 33.1 Å². The Kier molecular flexibility index (Phi) is 3.36. The molecule has 0 radical (unpaired) electrons. The third kappa shape index (κ3) is 1.98. The van der Waals surface area contributed by atoms with Gasteiger partial charge in [-0.3, -0.25) is 15.0 Å². The number of hydrogen-bond donors (Lipinski definition) is 1. The number of hydrogen-bond acceptors (Lipinski definition) is 2. The van der Waals surface area contributed by atoms with E-state index in [-0.39, 0.29) is 11.8 Å². The molecule has 0 aromatic heterocycles. The van der Waals surface area contributed by atoms with Crippen LogP contribution in [-0.4, -0.2) is 11.8 Å². The van der Waals surface area contributed by atoms with E-state index < -0.39 is 5.41 Å². The second-order valence-corrected chi connectivity index (χ2v) is 4.85. The molecule has 1 heterocycles. The molecular weight excluding hydrogens is 228 g/mol. The topological polar surface area (TPSA) is 49.4 Å². The third-order valence-corrected chi connectivity index (χ3v) is 3.43. The van der Waals surface area contributed by atoms with Crippen LogP contribution in [0.4, 0.5) is 5.69 Å². The zero-order chi connectivity index (χ0) is 13.2. The Morgan fingerprint density at radius 3 is 2.50 bits per heavy atom. The van der Waals surface area contributed by atoms with Gasteiger partial charge in [-0.15, -0.1) is 0 Å². The highest BCUT2D eigenvalue weighted by Crippen LogP contribution is 2.33. The first kappa shape index (κ1) is 12.6. The highest BCUT2D eigenvalue weighted by atomic mass is 16.2. The summed E-state index contributed by atoms with van der Waals surface area (Å²) < 4.78 is 0. The summed E-state index contributed by atoms with van der Waals surface area (Å²) >= 11 is 0. The highest BCUT2D eigenvalue weighted by molar-refractivity contribution is 6.17. The van der Waals surface area contributed by atoms with Gasteiger partial charge in [0.05, 0.1) is 5.69 Å². The maximum Gasteiger partial charge on any atom is 0.261 e. The number of rotatable bonds is 4. The molecule has 1 fully saturated rings. The summed E-state index contributed by atoms with van der Waals surface area (Å²) in [5, 5.41) is 1.36. The molecule has 0 aliphatic carbocycles. The second-order valence-electron chi connectivity index (χ2n) is 4.85. The fraction of sp³-hybridized carbons (Fsp3) is 0.429. The summed E-state index contributed by atoms with van der Waals surface area (Å²) in [7, 11) is 0. The lowest BCUT2D eigenvalue weighted by molar-refractivity contribution is -0.134. The zero-order valence-electron chi connectivity index (χ0n) is 10.8. The van der Waals surface area contributed by atoms with Crippen molar-refractivity contribution in [1.29, 1.82) is 0 Å². The molecule has 1 aliphatic heterocycles. The van der Waals surface area contributed by atoms with Crippen LogP contribution >= 0.6 is 0 Å². The number of nitrogens with one attached hydrogen (secondary N) is 1. The van der Waals surface area contributed by atoms with Gasteiger partial charge in [-0.05, 0) is 25.5 Å². The lowest BCUT2D eigenvalue weighted by Gasteiger charge is -2.19. The molecule has 4 heteroatoms. The van der Waals surface area contributed by atoms with E-state index in [2.05, 4.69) is 12.3 Å². The van der Waals surface area contributed by atoms with E-state index in [0.29, 0.717) is 12.1 Å². The molecule has 1 unspecified atom stereocenters. The maximum absolute atomic E-state index is 12.4. The van der Waals surface area contributed by atoms with Crippen LogP contribution in [0.2, 0.25) is 0 Å². The van der Waals surface area contributed by atoms with Gasteiger partial charge in [0.25, 0.3) is 11.8 Å². The molecule has 1 N–H and O–H groups in total. The average Bonchev–Trinajstić information content (AvgIpc) is 2.62. The molecule has 1 aromatic carbocycles. The Balaban J connectivity index is 2.24. The number of unbranched alkanes of at least 4 members (excludes halogenated alkanes) is 1. The van der Waals surface area contributed by atoms with Gasteiger partial charge in [0, 0.05) is 0 Å². The van der Waals surface area contributed by atoms with Gasteiger partial charge >= 0.3 is 0 Å². The summed E-state index contributed by atoms with van der Waals surface area (Å²) in [5.41, 5.74) is 2.44. The van der Waals surface area contributed by atoms with Crippen molar-refractivity contribution in [1.82, 2.24) is 5.43 Å². The zero-order valence-corrected chi connectivity index (χ0v) is 10.8. The molecule has 1 aliphatic rings. The van der Waals surface area contributed by atoms with Crippen molar-refractivity contribution in [2.75, 3.05) is 5.01 Å². The first-order valence-corrected chi connectivity index (χ1v) is 6.30. The Morgan fingerprint density at radius 2 is 1.89 bits per heavy atom. The van der Waals surface area contributed by atoms with Crippen molar-refractivity contribution in [3.63, 3.8) is 0 Å². The number of benzene rings is 1. The predicted octanol–water partition coefficient (Wildman–Crippen LogP) is 2.26. The molecule has 1 aromatic rings.